The highest BCUT2D eigenvalue weighted by Gasteiger charge is 2.21. The second-order valence-corrected chi connectivity index (χ2v) is 6.29. The first kappa shape index (κ1) is 20.7. The minimum absolute atomic E-state index is 0. The van der Waals surface area contributed by atoms with Crippen molar-refractivity contribution in [2.45, 2.75) is 33.2 Å². The SMILES string of the molecule is CC(C)C(=O)Nc1ccc(Cl)c(C(=O)NC(C)(C)CN)c1.Cl. The topological polar surface area (TPSA) is 84.2 Å². The highest BCUT2D eigenvalue weighted by Crippen LogP contribution is 2.21. The van der Waals surface area contributed by atoms with Crippen LogP contribution >= 0.6 is 24.0 Å². The fourth-order valence-electron chi connectivity index (χ4n) is 1.49. The average Bonchev–Trinajstić information content (AvgIpc) is 2.40. The van der Waals surface area contributed by atoms with Gasteiger partial charge in [0, 0.05) is 23.7 Å². The lowest BCUT2D eigenvalue weighted by Gasteiger charge is -2.24. The smallest absolute Gasteiger partial charge is 0.253 e. The maximum absolute atomic E-state index is 12.2. The molecule has 22 heavy (non-hydrogen) atoms. The first-order valence-corrected chi connectivity index (χ1v) is 7.17. The predicted molar refractivity (Wildman–Crippen MR) is 92.8 cm³/mol. The van der Waals surface area contributed by atoms with E-state index in [0.29, 0.717) is 22.8 Å². The largest absolute Gasteiger partial charge is 0.346 e. The second kappa shape index (κ2) is 8.36. The molecular formula is C15H23Cl2N3O2. The van der Waals surface area contributed by atoms with Gasteiger partial charge >= 0.3 is 0 Å². The molecule has 0 radical (unpaired) electrons. The molecule has 4 N–H and O–H groups in total. The number of amides is 2. The summed E-state index contributed by atoms with van der Waals surface area (Å²) in [6.45, 7) is 7.54. The molecule has 0 heterocycles. The summed E-state index contributed by atoms with van der Waals surface area (Å²) < 4.78 is 0. The Kier molecular flexibility index (Phi) is 7.87. The fourth-order valence-corrected chi connectivity index (χ4v) is 1.69. The number of halogens is 2. The van der Waals surface area contributed by atoms with Crippen LogP contribution < -0.4 is 16.4 Å². The Labute approximate surface area is 142 Å². The number of hydrogen-bond donors (Lipinski definition) is 3. The molecule has 0 aliphatic heterocycles. The third-order valence-electron chi connectivity index (χ3n) is 2.97. The number of carbonyl (C=O) groups excluding carboxylic acids is 2. The van der Waals surface area contributed by atoms with Gasteiger partial charge in [-0.2, -0.15) is 0 Å². The number of benzene rings is 1. The van der Waals surface area contributed by atoms with Crippen molar-refractivity contribution in [1.29, 1.82) is 0 Å². The number of nitrogens with one attached hydrogen (secondary N) is 2. The van der Waals surface area contributed by atoms with Gasteiger partial charge in [0.05, 0.1) is 10.6 Å². The maximum Gasteiger partial charge on any atom is 0.253 e. The van der Waals surface area contributed by atoms with Crippen LogP contribution in [0, 0.1) is 5.92 Å². The van der Waals surface area contributed by atoms with Crippen molar-refractivity contribution in [1.82, 2.24) is 5.32 Å². The van der Waals surface area contributed by atoms with E-state index in [1.807, 2.05) is 13.8 Å². The van der Waals surface area contributed by atoms with Gasteiger partial charge < -0.3 is 16.4 Å². The minimum Gasteiger partial charge on any atom is -0.346 e. The average molecular weight is 348 g/mol. The van der Waals surface area contributed by atoms with Crippen molar-refractivity contribution in [2.75, 3.05) is 11.9 Å². The summed E-state index contributed by atoms with van der Waals surface area (Å²) in [6, 6.07) is 4.81. The van der Waals surface area contributed by atoms with Gasteiger partial charge in [-0.15, -0.1) is 12.4 Å². The molecule has 7 heteroatoms. The van der Waals surface area contributed by atoms with Crippen LogP contribution in [0.5, 0.6) is 0 Å². The normalized spacial score (nSPS) is 10.9. The monoisotopic (exact) mass is 347 g/mol. The van der Waals surface area contributed by atoms with E-state index >= 15 is 0 Å². The van der Waals surface area contributed by atoms with Gasteiger partial charge in [0.2, 0.25) is 5.91 Å². The summed E-state index contributed by atoms with van der Waals surface area (Å²) in [5.41, 5.74) is 5.91. The van der Waals surface area contributed by atoms with Crippen LogP contribution in [0.15, 0.2) is 18.2 Å². The molecule has 0 aliphatic carbocycles. The van der Waals surface area contributed by atoms with E-state index in [1.54, 1.807) is 32.0 Å². The quantitative estimate of drug-likeness (QED) is 0.765. The lowest BCUT2D eigenvalue weighted by molar-refractivity contribution is -0.118. The summed E-state index contributed by atoms with van der Waals surface area (Å²) >= 11 is 6.06. The van der Waals surface area contributed by atoms with Gasteiger partial charge in [-0.1, -0.05) is 25.4 Å². The number of nitrogens with two attached hydrogens (primary N) is 1. The summed E-state index contributed by atoms with van der Waals surface area (Å²) in [4.78, 5) is 23.9. The van der Waals surface area contributed by atoms with Crippen molar-refractivity contribution in [3.63, 3.8) is 0 Å². The lowest BCUT2D eigenvalue weighted by Crippen LogP contribution is -2.48. The Hall–Kier alpha value is -1.30. The third kappa shape index (κ3) is 5.83. The summed E-state index contributed by atoms with van der Waals surface area (Å²) in [5.74, 6) is -0.587. The van der Waals surface area contributed by atoms with E-state index < -0.39 is 5.54 Å². The van der Waals surface area contributed by atoms with Gasteiger partial charge in [-0.3, -0.25) is 9.59 Å². The van der Waals surface area contributed by atoms with Crippen molar-refractivity contribution >= 4 is 41.5 Å². The van der Waals surface area contributed by atoms with E-state index in [9.17, 15) is 9.59 Å². The molecule has 1 rings (SSSR count). The molecule has 0 bridgehead atoms. The number of carbonyl (C=O) groups is 2. The van der Waals surface area contributed by atoms with Crippen molar-refractivity contribution < 1.29 is 9.59 Å². The van der Waals surface area contributed by atoms with Gasteiger partial charge in [-0.05, 0) is 32.0 Å². The van der Waals surface area contributed by atoms with Crippen molar-refractivity contribution in [3.8, 4) is 0 Å². The van der Waals surface area contributed by atoms with Gasteiger partial charge in [0.1, 0.15) is 0 Å². The molecule has 0 atom stereocenters. The predicted octanol–water partition coefficient (Wildman–Crippen LogP) is 2.82. The molecule has 0 fully saturated rings. The lowest BCUT2D eigenvalue weighted by atomic mass is 10.0. The Morgan fingerprint density at radius 2 is 1.91 bits per heavy atom. The molecule has 0 saturated heterocycles. The van der Waals surface area contributed by atoms with Crippen LogP contribution in [-0.2, 0) is 4.79 Å². The Morgan fingerprint density at radius 1 is 1.32 bits per heavy atom. The highest BCUT2D eigenvalue weighted by atomic mass is 35.5. The van der Waals surface area contributed by atoms with E-state index in [2.05, 4.69) is 10.6 Å². The Morgan fingerprint density at radius 3 is 2.41 bits per heavy atom. The summed E-state index contributed by atoms with van der Waals surface area (Å²) in [5, 5.41) is 5.87. The second-order valence-electron chi connectivity index (χ2n) is 5.88. The molecule has 124 valence electrons. The molecule has 1 aromatic rings. The van der Waals surface area contributed by atoms with E-state index in [0.717, 1.165) is 0 Å². The molecule has 0 aromatic heterocycles. The van der Waals surface area contributed by atoms with Gasteiger partial charge in [-0.25, -0.2) is 0 Å². The molecule has 5 nitrogen and oxygen atoms in total. The van der Waals surface area contributed by atoms with Crippen LogP contribution in [0.4, 0.5) is 5.69 Å². The highest BCUT2D eigenvalue weighted by molar-refractivity contribution is 6.34. The molecular weight excluding hydrogens is 325 g/mol. The third-order valence-corrected chi connectivity index (χ3v) is 3.29. The fraction of sp³-hybridized carbons (Fsp3) is 0.467. The van der Waals surface area contributed by atoms with Crippen LogP contribution in [0.25, 0.3) is 0 Å². The van der Waals surface area contributed by atoms with Crippen molar-refractivity contribution in [2.24, 2.45) is 11.7 Å². The molecule has 0 saturated carbocycles. The summed E-state index contributed by atoms with van der Waals surface area (Å²) in [6.07, 6.45) is 0. The number of anilines is 1. The molecule has 0 spiro atoms. The number of rotatable bonds is 5. The number of hydrogen-bond acceptors (Lipinski definition) is 3. The molecule has 0 aliphatic rings. The van der Waals surface area contributed by atoms with E-state index in [1.165, 1.54) is 0 Å². The molecule has 0 unspecified atom stereocenters. The van der Waals surface area contributed by atoms with Crippen LogP contribution in [0.2, 0.25) is 5.02 Å². The zero-order valence-corrected chi connectivity index (χ0v) is 14.8. The Balaban J connectivity index is 0.00000441. The van der Waals surface area contributed by atoms with E-state index in [4.69, 9.17) is 17.3 Å². The first-order valence-electron chi connectivity index (χ1n) is 6.79. The zero-order chi connectivity index (χ0) is 16.2. The first-order chi connectivity index (χ1) is 9.66. The van der Waals surface area contributed by atoms with Crippen LogP contribution in [-0.4, -0.2) is 23.9 Å². The minimum atomic E-state index is -0.530. The van der Waals surface area contributed by atoms with E-state index in [-0.39, 0.29) is 30.1 Å². The maximum atomic E-state index is 12.2. The van der Waals surface area contributed by atoms with Crippen LogP contribution in [0.3, 0.4) is 0 Å². The zero-order valence-electron chi connectivity index (χ0n) is 13.2. The molecule has 1 aromatic carbocycles. The van der Waals surface area contributed by atoms with Crippen molar-refractivity contribution in [3.05, 3.63) is 28.8 Å². The van der Waals surface area contributed by atoms with Crippen LogP contribution in [0.1, 0.15) is 38.1 Å². The Bertz CT molecular complexity index is 546. The summed E-state index contributed by atoms with van der Waals surface area (Å²) in [7, 11) is 0. The van der Waals surface area contributed by atoms with Gasteiger partial charge in [0.15, 0.2) is 0 Å². The van der Waals surface area contributed by atoms with Gasteiger partial charge in [0.25, 0.3) is 5.91 Å². The molecule has 2 amide bonds. The standard InChI is InChI=1S/C15H22ClN3O2.ClH/c1-9(2)13(20)18-10-5-6-12(16)11(7-10)14(21)19-15(3,4)8-17;/h5-7,9H,8,17H2,1-4H3,(H,18,20)(H,19,21);1H.